The summed E-state index contributed by atoms with van der Waals surface area (Å²) < 4.78 is 1.16. The third-order valence-corrected chi connectivity index (χ3v) is 5.48. The summed E-state index contributed by atoms with van der Waals surface area (Å²) in [4.78, 5) is 12.4. The van der Waals surface area contributed by atoms with Crippen molar-refractivity contribution in [3.63, 3.8) is 0 Å². The van der Waals surface area contributed by atoms with Crippen LogP contribution in [-0.2, 0) is 0 Å². The Kier molecular flexibility index (Phi) is 4.66. The van der Waals surface area contributed by atoms with E-state index in [1.165, 1.54) is 19.3 Å². The number of hydrogen-bond acceptors (Lipinski definition) is 2. The molecule has 1 fully saturated rings. The number of carbonyl (C=O) groups is 1. The van der Waals surface area contributed by atoms with Gasteiger partial charge in [0.2, 0.25) is 0 Å². The number of carbonyl (C=O) groups excluding carboxylic acids is 1. The molecule has 0 aromatic carbocycles. The predicted molar refractivity (Wildman–Crippen MR) is 79.4 cm³/mol. The van der Waals surface area contributed by atoms with Crippen LogP contribution >= 0.6 is 49.9 Å². The first kappa shape index (κ1) is 12.8. The van der Waals surface area contributed by atoms with Gasteiger partial charge < -0.3 is 5.32 Å². The van der Waals surface area contributed by atoms with Crippen molar-refractivity contribution in [3.05, 3.63) is 19.9 Å². The molecule has 0 bridgehead atoms. The number of nitrogens with one attached hydrogen (secondary N) is 1. The Hall–Kier alpha value is 0.380. The summed E-state index contributed by atoms with van der Waals surface area (Å²) in [6, 6.07) is 1.93. The van der Waals surface area contributed by atoms with Crippen LogP contribution in [0.3, 0.4) is 0 Å². The van der Waals surface area contributed by atoms with Gasteiger partial charge in [0.15, 0.2) is 0 Å². The number of halogens is 2. The van der Waals surface area contributed by atoms with Crippen LogP contribution in [0.25, 0.3) is 0 Å². The molecule has 1 saturated carbocycles. The third-order valence-electron chi connectivity index (χ3n) is 2.86. The molecule has 1 aromatic heterocycles. The minimum atomic E-state index is 0.0668. The van der Waals surface area contributed by atoms with Gasteiger partial charge in [-0.3, -0.25) is 4.79 Å². The second-order valence-electron chi connectivity index (χ2n) is 4.13. The minimum absolute atomic E-state index is 0.0668. The lowest BCUT2D eigenvalue weighted by molar-refractivity contribution is 0.0948. The molecule has 2 rings (SSSR count). The number of thiophene rings is 1. The molecule has 0 aliphatic heterocycles. The summed E-state index contributed by atoms with van der Waals surface area (Å²) in [6.07, 6.45) is 3.63. The van der Waals surface area contributed by atoms with E-state index >= 15 is 0 Å². The van der Waals surface area contributed by atoms with Crippen molar-refractivity contribution in [3.8, 4) is 0 Å². The van der Waals surface area contributed by atoms with Gasteiger partial charge in [-0.2, -0.15) is 0 Å². The minimum Gasteiger partial charge on any atom is -0.352 e. The summed E-state index contributed by atoms with van der Waals surface area (Å²) in [7, 11) is 0. The second kappa shape index (κ2) is 5.82. The molecule has 2 unspecified atom stereocenters. The Balaban J connectivity index is 1.80. The normalized spacial score (nSPS) is 24.6. The first-order valence-electron chi connectivity index (χ1n) is 5.31. The molecule has 16 heavy (non-hydrogen) atoms. The highest BCUT2D eigenvalue weighted by Crippen LogP contribution is 2.30. The highest BCUT2D eigenvalue weighted by molar-refractivity contribution is 14.1. The third kappa shape index (κ3) is 3.43. The molecule has 1 heterocycles. The van der Waals surface area contributed by atoms with E-state index in [-0.39, 0.29) is 5.91 Å². The van der Waals surface area contributed by atoms with Crippen molar-refractivity contribution in [2.45, 2.75) is 24.1 Å². The van der Waals surface area contributed by atoms with Gasteiger partial charge in [0.05, 0.1) is 8.45 Å². The average Bonchev–Trinajstić information content (AvgIpc) is 2.84. The molecule has 1 aliphatic carbocycles. The van der Waals surface area contributed by atoms with E-state index in [0.717, 1.165) is 15.0 Å². The van der Waals surface area contributed by atoms with Crippen LogP contribution < -0.4 is 5.32 Å². The molecule has 0 saturated heterocycles. The molecule has 1 N–H and O–H groups in total. The Morgan fingerprint density at radius 2 is 2.44 bits per heavy atom. The van der Waals surface area contributed by atoms with E-state index in [9.17, 15) is 4.79 Å². The molecular weight excluding hydrogens is 401 g/mol. The number of hydrogen-bond donors (Lipinski definition) is 1. The molecule has 5 heteroatoms. The van der Waals surface area contributed by atoms with Crippen LogP contribution in [0.5, 0.6) is 0 Å². The van der Waals surface area contributed by atoms with Crippen LogP contribution in [0.15, 0.2) is 11.4 Å². The van der Waals surface area contributed by atoms with Crippen molar-refractivity contribution < 1.29 is 4.79 Å². The van der Waals surface area contributed by atoms with E-state index in [0.29, 0.717) is 10.7 Å². The first-order chi connectivity index (χ1) is 7.65. The molecule has 2 nitrogen and oxygen atoms in total. The summed E-state index contributed by atoms with van der Waals surface area (Å²) in [5.74, 6) is 0.711. The number of alkyl halides is 1. The SMILES string of the molecule is O=C(NCC1CCC(Br)C1)c1csc(I)c1. The van der Waals surface area contributed by atoms with Crippen LogP contribution in [-0.4, -0.2) is 17.3 Å². The monoisotopic (exact) mass is 413 g/mol. The Morgan fingerprint density at radius 3 is 3.00 bits per heavy atom. The van der Waals surface area contributed by atoms with Crippen LogP contribution in [0, 0.1) is 8.80 Å². The summed E-state index contributed by atoms with van der Waals surface area (Å²) >= 11 is 7.47. The van der Waals surface area contributed by atoms with Gasteiger partial charge in [-0.15, -0.1) is 11.3 Å². The molecule has 1 aliphatic rings. The van der Waals surface area contributed by atoms with E-state index in [1.807, 2.05) is 11.4 Å². The first-order valence-corrected chi connectivity index (χ1v) is 8.19. The van der Waals surface area contributed by atoms with Crippen LogP contribution in [0.2, 0.25) is 0 Å². The molecule has 88 valence electrons. The molecule has 2 atom stereocenters. The Labute approximate surface area is 121 Å². The summed E-state index contributed by atoms with van der Waals surface area (Å²) in [5, 5.41) is 4.93. The van der Waals surface area contributed by atoms with Gasteiger partial charge in [0, 0.05) is 16.8 Å². The van der Waals surface area contributed by atoms with Crippen molar-refractivity contribution in [2.24, 2.45) is 5.92 Å². The van der Waals surface area contributed by atoms with Crippen molar-refractivity contribution in [2.75, 3.05) is 6.54 Å². The van der Waals surface area contributed by atoms with E-state index in [2.05, 4.69) is 43.8 Å². The maximum Gasteiger partial charge on any atom is 0.252 e. The summed E-state index contributed by atoms with van der Waals surface area (Å²) in [5.41, 5.74) is 0.794. The zero-order valence-electron chi connectivity index (χ0n) is 8.71. The quantitative estimate of drug-likeness (QED) is 0.594. The van der Waals surface area contributed by atoms with Gasteiger partial charge >= 0.3 is 0 Å². The molecule has 0 spiro atoms. The second-order valence-corrected chi connectivity index (χ2v) is 8.23. The smallest absolute Gasteiger partial charge is 0.252 e. The number of amides is 1. The summed E-state index contributed by atoms with van der Waals surface area (Å²) in [6.45, 7) is 0.813. The van der Waals surface area contributed by atoms with E-state index in [1.54, 1.807) is 11.3 Å². The largest absolute Gasteiger partial charge is 0.352 e. The molecule has 0 radical (unpaired) electrons. The fraction of sp³-hybridized carbons (Fsp3) is 0.545. The molecular formula is C11H13BrINOS. The maximum atomic E-state index is 11.8. The van der Waals surface area contributed by atoms with Gasteiger partial charge in [-0.1, -0.05) is 15.9 Å². The van der Waals surface area contributed by atoms with Gasteiger partial charge in [0.1, 0.15) is 0 Å². The van der Waals surface area contributed by atoms with Crippen LogP contribution in [0.1, 0.15) is 29.6 Å². The number of rotatable bonds is 3. The lowest BCUT2D eigenvalue weighted by Crippen LogP contribution is -2.28. The maximum absolute atomic E-state index is 11.8. The van der Waals surface area contributed by atoms with Crippen molar-refractivity contribution >= 4 is 55.8 Å². The van der Waals surface area contributed by atoms with Gasteiger partial charge in [-0.05, 0) is 53.8 Å². The Morgan fingerprint density at radius 1 is 1.62 bits per heavy atom. The van der Waals surface area contributed by atoms with Crippen molar-refractivity contribution in [1.29, 1.82) is 0 Å². The Bertz CT molecular complexity index is 382. The topological polar surface area (TPSA) is 29.1 Å². The predicted octanol–water partition coefficient (Wildman–Crippen LogP) is 3.65. The lowest BCUT2D eigenvalue weighted by Gasteiger charge is -2.09. The highest BCUT2D eigenvalue weighted by atomic mass is 127. The van der Waals surface area contributed by atoms with E-state index in [4.69, 9.17) is 0 Å². The van der Waals surface area contributed by atoms with E-state index < -0.39 is 0 Å². The molecule has 1 aromatic rings. The molecule has 1 amide bonds. The van der Waals surface area contributed by atoms with Gasteiger partial charge in [0.25, 0.3) is 5.91 Å². The lowest BCUT2D eigenvalue weighted by atomic mass is 10.1. The fourth-order valence-corrected chi connectivity index (χ4v) is 4.09. The van der Waals surface area contributed by atoms with Gasteiger partial charge in [-0.25, -0.2) is 0 Å². The zero-order valence-corrected chi connectivity index (χ0v) is 13.3. The zero-order chi connectivity index (χ0) is 11.5. The highest BCUT2D eigenvalue weighted by Gasteiger charge is 2.22. The fourth-order valence-electron chi connectivity index (χ4n) is 1.97. The van der Waals surface area contributed by atoms with Crippen LogP contribution in [0.4, 0.5) is 0 Å². The van der Waals surface area contributed by atoms with Crippen molar-refractivity contribution in [1.82, 2.24) is 5.32 Å². The standard InChI is InChI=1S/C11H13BrINOS/c12-9-2-1-7(3-9)5-14-11(15)8-4-10(13)16-6-8/h4,6-7,9H,1-3,5H2,(H,14,15). The average molecular weight is 414 g/mol.